The van der Waals surface area contributed by atoms with Crippen molar-refractivity contribution in [1.82, 2.24) is 4.90 Å². The maximum atomic E-state index is 13.1. The Morgan fingerprint density at radius 3 is 1.90 bits per heavy atom. The number of hydrogen-bond acceptors (Lipinski definition) is 4. The van der Waals surface area contributed by atoms with E-state index in [2.05, 4.69) is 106 Å². The Labute approximate surface area is 253 Å². The van der Waals surface area contributed by atoms with E-state index in [1.165, 1.54) is 10.4 Å². The molecule has 0 radical (unpaired) electrons. The summed E-state index contributed by atoms with van der Waals surface area (Å²) in [6, 6.07) is 31.7. The Morgan fingerprint density at radius 1 is 0.905 bits per heavy atom. The van der Waals surface area contributed by atoms with Gasteiger partial charge in [-0.3, -0.25) is 4.90 Å². The van der Waals surface area contributed by atoms with Gasteiger partial charge in [-0.2, -0.15) is 0 Å². The largest absolute Gasteiger partial charge is 0.449 e. The van der Waals surface area contributed by atoms with E-state index in [-0.39, 0.29) is 17.2 Å². The molecule has 224 valence electrons. The maximum Gasteiger partial charge on any atom is 0.412 e. The summed E-state index contributed by atoms with van der Waals surface area (Å²) in [4.78, 5) is 14.9. The van der Waals surface area contributed by atoms with Crippen molar-refractivity contribution in [3.63, 3.8) is 0 Å². The molecule has 0 N–H and O–H groups in total. The summed E-state index contributed by atoms with van der Waals surface area (Å²) in [5.74, 6) is 0. The molecule has 1 fully saturated rings. The fourth-order valence-electron chi connectivity index (χ4n) is 6.08. The van der Waals surface area contributed by atoms with Crippen LogP contribution in [-0.2, 0) is 13.9 Å². The van der Waals surface area contributed by atoms with Crippen LogP contribution in [-0.4, -0.2) is 49.9 Å². The number of carbonyl (C=O) groups excluding carboxylic acids is 1. The van der Waals surface area contributed by atoms with Crippen molar-refractivity contribution in [3.8, 4) is 0 Å². The lowest BCUT2D eigenvalue weighted by atomic mass is 10.0. The number of hydrogen-bond donors (Lipinski definition) is 0. The molecule has 1 atom stereocenters. The minimum absolute atomic E-state index is 0.145. The van der Waals surface area contributed by atoms with Gasteiger partial charge in [-0.25, -0.2) is 4.79 Å². The van der Waals surface area contributed by atoms with Gasteiger partial charge in [0.05, 0.1) is 24.9 Å². The Kier molecular flexibility index (Phi) is 9.81. The summed E-state index contributed by atoms with van der Waals surface area (Å²) in [6.45, 7) is 15.5. The minimum Gasteiger partial charge on any atom is -0.449 e. The van der Waals surface area contributed by atoms with Gasteiger partial charge >= 0.3 is 6.09 Å². The lowest BCUT2D eigenvalue weighted by Gasteiger charge is -2.45. The molecule has 1 heterocycles. The van der Waals surface area contributed by atoms with E-state index in [1.54, 1.807) is 4.90 Å². The molecule has 6 heteroatoms. The third-order valence-electron chi connectivity index (χ3n) is 8.01. The van der Waals surface area contributed by atoms with E-state index in [0.717, 1.165) is 5.56 Å². The van der Waals surface area contributed by atoms with Crippen LogP contribution in [0.3, 0.4) is 0 Å². The van der Waals surface area contributed by atoms with Crippen molar-refractivity contribution in [2.45, 2.75) is 83.7 Å². The average molecular weight is 586 g/mol. The van der Waals surface area contributed by atoms with Gasteiger partial charge in [-0.1, -0.05) is 124 Å². The van der Waals surface area contributed by atoms with Crippen molar-refractivity contribution in [3.05, 3.63) is 103 Å². The van der Waals surface area contributed by atoms with E-state index in [1.807, 2.05) is 45.9 Å². The van der Waals surface area contributed by atoms with Crippen molar-refractivity contribution in [2.24, 2.45) is 0 Å². The Morgan fingerprint density at radius 2 is 1.43 bits per heavy atom. The molecule has 0 spiro atoms. The number of benzene rings is 3. The average Bonchev–Trinajstić information content (AvgIpc) is 3.19. The highest BCUT2D eigenvalue weighted by molar-refractivity contribution is 6.99. The molecule has 1 aliphatic heterocycles. The SMILES string of the molecule is CC1(C)COC(C)(C)N1C(=O)OCCC[C@@H](/C=C\c1ccccc1)O[Si](c1ccccc1)(c1ccccc1)C(C)(C)C. The van der Waals surface area contributed by atoms with Crippen molar-refractivity contribution in [1.29, 1.82) is 0 Å². The van der Waals surface area contributed by atoms with Crippen molar-refractivity contribution >= 4 is 30.9 Å². The third kappa shape index (κ3) is 7.05. The third-order valence-corrected chi connectivity index (χ3v) is 13.1. The Bertz CT molecular complexity index is 1260. The molecule has 42 heavy (non-hydrogen) atoms. The summed E-state index contributed by atoms with van der Waals surface area (Å²) in [5.41, 5.74) is 0.000430. The zero-order valence-electron chi connectivity index (χ0n) is 26.3. The van der Waals surface area contributed by atoms with Gasteiger partial charge in [0.1, 0.15) is 5.72 Å². The monoisotopic (exact) mass is 585 g/mol. The molecule has 0 bridgehead atoms. The molecule has 0 aliphatic carbocycles. The predicted octanol–water partition coefficient (Wildman–Crippen LogP) is 7.41. The minimum atomic E-state index is -2.78. The van der Waals surface area contributed by atoms with Crippen molar-refractivity contribution in [2.75, 3.05) is 13.2 Å². The van der Waals surface area contributed by atoms with Crippen LogP contribution in [0.1, 0.15) is 66.9 Å². The molecule has 5 nitrogen and oxygen atoms in total. The van der Waals surface area contributed by atoms with Crippen LogP contribution in [0.25, 0.3) is 6.08 Å². The van der Waals surface area contributed by atoms with E-state index < -0.39 is 19.6 Å². The number of ether oxygens (including phenoxy) is 2. The van der Waals surface area contributed by atoms with Gasteiger partial charge in [0.2, 0.25) is 0 Å². The smallest absolute Gasteiger partial charge is 0.412 e. The highest BCUT2D eigenvalue weighted by Crippen LogP contribution is 2.38. The normalized spacial score (nSPS) is 17.4. The highest BCUT2D eigenvalue weighted by atomic mass is 28.4. The lowest BCUT2D eigenvalue weighted by molar-refractivity contribution is -0.0520. The molecule has 3 aromatic carbocycles. The Balaban J connectivity index is 1.61. The second-order valence-corrected chi connectivity index (χ2v) is 17.5. The van der Waals surface area contributed by atoms with E-state index in [9.17, 15) is 4.79 Å². The topological polar surface area (TPSA) is 48.0 Å². The maximum absolute atomic E-state index is 13.1. The summed E-state index contributed by atoms with van der Waals surface area (Å²) >= 11 is 0. The molecule has 4 rings (SSSR count). The van der Waals surface area contributed by atoms with Crippen LogP contribution in [0.2, 0.25) is 5.04 Å². The fourth-order valence-corrected chi connectivity index (χ4v) is 10.7. The first-order valence-corrected chi connectivity index (χ1v) is 16.9. The van der Waals surface area contributed by atoms with Crippen LogP contribution in [0, 0.1) is 0 Å². The highest BCUT2D eigenvalue weighted by Gasteiger charge is 2.51. The summed E-state index contributed by atoms with van der Waals surface area (Å²) in [7, 11) is -2.78. The predicted molar refractivity (Wildman–Crippen MR) is 175 cm³/mol. The van der Waals surface area contributed by atoms with Crippen LogP contribution < -0.4 is 10.4 Å². The van der Waals surface area contributed by atoms with Gasteiger partial charge in [-0.15, -0.1) is 0 Å². The fraction of sp³-hybridized carbons (Fsp3) is 0.417. The van der Waals surface area contributed by atoms with Gasteiger partial charge < -0.3 is 13.9 Å². The van der Waals surface area contributed by atoms with Gasteiger partial charge in [0.15, 0.2) is 0 Å². The van der Waals surface area contributed by atoms with E-state index >= 15 is 0 Å². The molecular formula is C36H47NO4Si. The first-order valence-electron chi connectivity index (χ1n) is 15.0. The molecule has 1 aliphatic rings. The molecule has 1 saturated heterocycles. The molecule has 0 aromatic heterocycles. The van der Waals surface area contributed by atoms with Crippen LogP contribution in [0.4, 0.5) is 4.79 Å². The molecule has 0 saturated carbocycles. The molecule has 0 unspecified atom stereocenters. The molecule has 1 amide bonds. The van der Waals surface area contributed by atoms with Gasteiger partial charge in [0, 0.05) is 0 Å². The van der Waals surface area contributed by atoms with Crippen LogP contribution in [0.15, 0.2) is 97.1 Å². The summed E-state index contributed by atoms with van der Waals surface area (Å²) in [5, 5.41) is 2.34. The Hall–Kier alpha value is -3.19. The van der Waals surface area contributed by atoms with Gasteiger partial charge in [0.25, 0.3) is 8.32 Å². The van der Waals surface area contributed by atoms with Gasteiger partial charge in [-0.05, 0) is 61.5 Å². The zero-order valence-corrected chi connectivity index (χ0v) is 27.3. The summed E-state index contributed by atoms with van der Waals surface area (Å²) < 4.78 is 19.1. The molecular weight excluding hydrogens is 538 g/mol. The van der Waals surface area contributed by atoms with Crippen LogP contribution in [0.5, 0.6) is 0 Å². The van der Waals surface area contributed by atoms with E-state index in [0.29, 0.717) is 26.1 Å². The van der Waals surface area contributed by atoms with Crippen molar-refractivity contribution < 1.29 is 18.7 Å². The quantitative estimate of drug-likeness (QED) is 0.184. The number of carbonyl (C=O) groups is 1. The zero-order chi connectivity index (χ0) is 30.4. The number of amides is 1. The lowest BCUT2D eigenvalue weighted by Crippen LogP contribution is -2.67. The number of nitrogens with zero attached hydrogens (tertiary/aromatic N) is 1. The first-order chi connectivity index (χ1) is 19.9. The number of rotatable bonds is 10. The summed E-state index contributed by atoms with van der Waals surface area (Å²) in [6.07, 6.45) is 5.18. The standard InChI is InChI=1S/C36H47NO4Si/c1-34(2,3)42(31-21-13-9-14-22-31,32-23-15-10-16-24-32)41-30(26-25-29-18-11-8-12-19-29)20-17-27-39-33(38)37-35(4,5)28-40-36(37,6)7/h8-16,18-19,21-26,30H,17,20,27-28H2,1-7H3/b26-25-/t30-/m0/s1. The van der Waals surface area contributed by atoms with Crippen LogP contribution >= 0.6 is 0 Å². The first kappa shape index (κ1) is 31.7. The second kappa shape index (κ2) is 13.0. The van der Waals surface area contributed by atoms with E-state index in [4.69, 9.17) is 13.9 Å². The second-order valence-electron chi connectivity index (χ2n) is 13.2. The molecule has 3 aromatic rings.